The van der Waals surface area contributed by atoms with Gasteiger partial charge >= 0.3 is 0 Å². The quantitative estimate of drug-likeness (QED) is 0.284. The van der Waals surface area contributed by atoms with Crippen LogP contribution in [0.25, 0.3) is 22.6 Å². The van der Waals surface area contributed by atoms with Crippen molar-refractivity contribution in [3.05, 3.63) is 80.6 Å². The number of aromatic nitrogens is 5. The van der Waals surface area contributed by atoms with Crippen LogP contribution in [-0.4, -0.2) is 36.4 Å². The lowest BCUT2D eigenvalue weighted by molar-refractivity contribution is -0.385. The van der Waals surface area contributed by atoms with Gasteiger partial charge in [0.1, 0.15) is 23.7 Å². The van der Waals surface area contributed by atoms with Crippen molar-refractivity contribution in [2.24, 2.45) is 0 Å². The van der Waals surface area contributed by atoms with E-state index in [1.807, 2.05) is 13.0 Å². The number of anilines is 1. The summed E-state index contributed by atoms with van der Waals surface area (Å²) >= 11 is 12.5. The van der Waals surface area contributed by atoms with Gasteiger partial charge in [0.15, 0.2) is 0 Å². The topological polar surface area (TPSA) is 123 Å². The molecule has 11 heteroatoms. The fourth-order valence-corrected chi connectivity index (χ4v) is 3.55. The molecular weight excluding hydrogens is 453 g/mol. The van der Waals surface area contributed by atoms with Gasteiger partial charge in [-0.05, 0) is 31.2 Å². The average molecular weight is 470 g/mol. The first-order valence-corrected chi connectivity index (χ1v) is 10.3. The molecule has 162 valence electrons. The number of hydrogen-bond donors (Lipinski definition) is 2. The summed E-state index contributed by atoms with van der Waals surface area (Å²) in [5, 5.41) is 14.9. The third-order valence-electron chi connectivity index (χ3n) is 4.60. The molecule has 0 amide bonds. The molecular formula is C21H17Cl2N7O2. The average Bonchev–Trinajstić information content (AvgIpc) is 3.20. The van der Waals surface area contributed by atoms with E-state index in [1.165, 1.54) is 12.3 Å². The molecule has 2 N–H and O–H groups in total. The third kappa shape index (κ3) is 4.84. The van der Waals surface area contributed by atoms with E-state index in [0.717, 1.165) is 11.3 Å². The van der Waals surface area contributed by atoms with Crippen LogP contribution in [0.4, 0.5) is 11.5 Å². The summed E-state index contributed by atoms with van der Waals surface area (Å²) in [6, 6.07) is 8.19. The number of pyridine rings is 1. The molecule has 4 aromatic rings. The number of nitrogens with zero attached hydrogens (tertiary/aromatic N) is 5. The fourth-order valence-electron chi connectivity index (χ4n) is 3.05. The number of nitrogens with one attached hydrogen (secondary N) is 2. The van der Waals surface area contributed by atoms with Gasteiger partial charge in [0.25, 0.3) is 5.69 Å². The zero-order chi connectivity index (χ0) is 22.7. The Balaban J connectivity index is 1.59. The van der Waals surface area contributed by atoms with Crippen molar-refractivity contribution < 1.29 is 4.92 Å². The predicted octanol–water partition coefficient (Wildman–Crippen LogP) is 5.11. The standard InChI is InChI=1S/C21H17Cl2N7O2/c1-12-9-27-21(28-12)16-11-26-19(29-20(16)15-4-2-13(22)8-17(15)23)6-7-24-18-5-3-14(10-25-18)30(31)32/h2-5,8-11H,6-7H2,1H3,(H,24,25)(H,27,28). The van der Waals surface area contributed by atoms with Crippen LogP contribution >= 0.6 is 23.2 Å². The maximum absolute atomic E-state index is 10.7. The molecule has 0 unspecified atom stereocenters. The Bertz CT molecular complexity index is 1280. The predicted molar refractivity (Wildman–Crippen MR) is 123 cm³/mol. The highest BCUT2D eigenvalue weighted by Crippen LogP contribution is 2.34. The van der Waals surface area contributed by atoms with E-state index in [0.29, 0.717) is 51.7 Å². The smallest absolute Gasteiger partial charge is 0.287 e. The van der Waals surface area contributed by atoms with Gasteiger partial charge in [-0.25, -0.2) is 19.9 Å². The molecule has 3 heterocycles. The van der Waals surface area contributed by atoms with Gasteiger partial charge in [0.2, 0.25) is 0 Å². The molecule has 0 spiro atoms. The molecule has 0 aliphatic carbocycles. The molecule has 0 atom stereocenters. The summed E-state index contributed by atoms with van der Waals surface area (Å²) in [5.41, 5.74) is 2.92. The zero-order valence-electron chi connectivity index (χ0n) is 16.8. The van der Waals surface area contributed by atoms with E-state index in [9.17, 15) is 10.1 Å². The summed E-state index contributed by atoms with van der Waals surface area (Å²) in [6.07, 6.45) is 5.15. The molecule has 0 aliphatic rings. The number of aromatic amines is 1. The van der Waals surface area contributed by atoms with Crippen LogP contribution in [0.3, 0.4) is 0 Å². The number of rotatable bonds is 7. The maximum Gasteiger partial charge on any atom is 0.287 e. The molecule has 0 fully saturated rings. The minimum atomic E-state index is -0.490. The lowest BCUT2D eigenvalue weighted by Gasteiger charge is -2.11. The normalized spacial score (nSPS) is 10.8. The van der Waals surface area contributed by atoms with E-state index < -0.39 is 4.92 Å². The van der Waals surface area contributed by atoms with Crippen molar-refractivity contribution in [1.29, 1.82) is 0 Å². The Morgan fingerprint density at radius 2 is 1.91 bits per heavy atom. The van der Waals surface area contributed by atoms with Gasteiger partial charge in [-0.15, -0.1) is 0 Å². The largest absolute Gasteiger partial charge is 0.370 e. The third-order valence-corrected chi connectivity index (χ3v) is 5.14. The summed E-state index contributed by atoms with van der Waals surface area (Å²) in [7, 11) is 0. The van der Waals surface area contributed by atoms with Crippen LogP contribution in [0, 0.1) is 17.0 Å². The van der Waals surface area contributed by atoms with Crippen LogP contribution in [0.1, 0.15) is 11.5 Å². The minimum Gasteiger partial charge on any atom is -0.370 e. The molecule has 0 radical (unpaired) electrons. The van der Waals surface area contributed by atoms with Gasteiger partial charge in [-0.3, -0.25) is 10.1 Å². The summed E-state index contributed by atoms with van der Waals surface area (Å²) in [6.45, 7) is 2.40. The number of imidazole rings is 1. The van der Waals surface area contributed by atoms with Crippen LogP contribution < -0.4 is 5.32 Å². The van der Waals surface area contributed by atoms with E-state index in [2.05, 4.69) is 25.3 Å². The molecule has 3 aromatic heterocycles. The lowest BCUT2D eigenvalue weighted by Crippen LogP contribution is -2.09. The first kappa shape index (κ1) is 21.7. The zero-order valence-corrected chi connectivity index (χ0v) is 18.4. The highest BCUT2D eigenvalue weighted by molar-refractivity contribution is 6.36. The second-order valence-corrected chi connectivity index (χ2v) is 7.77. The molecule has 0 saturated carbocycles. The fraction of sp³-hybridized carbons (Fsp3) is 0.143. The Morgan fingerprint density at radius 3 is 2.56 bits per heavy atom. The monoisotopic (exact) mass is 469 g/mol. The second kappa shape index (κ2) is 9.29. The van der Waals surface area contributed by atoms with Crippen molar-refractivity contribution in [2.75, 3.05) is 11.9 Å². The van der Waals surface area contributed by atoms with Crippen molar-refractivity contribution in [3.8, 4) is 22.6 Å². The van der Waals surface area contributed by atoms with Gasteiger partial charge in [0.05, 0.1) is 21.2 Å². The summed E-state index contributed by atoms with van der Waals surface area (Å²) in [4.78, 5) is 31.1. The molecule has 9 nitrogen and oxygen atoms in total. The Morgan fingerprint density at radius 1 is 1.06 bits per heavy atom. The first-order valence-electron chi connectivity index (χ1n) is 9.58. The lowest BCUT2D eigenvalue weighted by atomic mass is 10.1. The van der Waals surface area contributed by atoms with Crippen molar-refractivity contribution in [3.63, 3.8) is 0 Å². The minimum absolute atomic E-state index is 0.0629. The summed E-state index contributed by atoms with van der Waals surface area (Å²) in [5.74, 6) is 1.76. The number of H-pyrrole nitrogens is 1. The number of halogens is 2. The van der Waals surface area contributed by atoms with Crippen molar-refractivity contribution >= 4 is 34.7 Å². The van der Waals surface area contributed by atoms with Crippen LogP contribution in [0.2, 0.25) is 10.0 Å². The maximum atomic E-state index is 10.7. The van der Waals surface area contributed by atoms with Crippen LogP contribution in [-0.2, 0) is 6.42 Å². The van der Waals surface area contributed by atoms with Crippen LogP contribution in [0.5, 0.6) is 0 Å². The van der Waals surface area contributed by atoms with Gasteiger partial charge < -0.3 is 10.3 Å². The molecule has 4 rings (SSSR count). The van der Waals surface area contributed by atoms with E-state index in [1.54, 1.807) is 30.6 Å². The van der Waals surface area contributed by atoms with Crippen LogP contribution in [0.15, 0.2) is 48.9 Å². The van der Waals surface area contributed by atoms with Gasteiger partial charge in [-0.1, -0.05) is 23.2 Å². The Labute approximate surface area is 193 Å². The van der Waals surface area contributed by atoms with E-state index >= 15 is 0 Å². The van der Waals surface area contributed by atoms with E-state index in [4.69, 9.17) is 28.2 Å². The molecule has 0 bridgehead atoms. The van der Waals surface area contributed by atoms with Gasteiger partial charge in [-0.2, -0.15) is 0 Å². The molecule has 0 aliphatic heterocycles. The highest BCUT2D eigenvalue weighted by atomic mass is 35.5. The van der Waals surface area contributed by atoms with Crippen molar-refractivity contribution in [2.45, 2.75) is 13.3 Å². The Hall–Kier alpha value is -3.56. The van der Waals surface area contributed by atoms with E-state index in [-0.39, 0.29) is 5.69 Å². The molecule has 1 aromatic carbocycles. The number of nitro groups is 1. The summed E-state index contributed by atoms with van der Waals surface area (Å²) < 4.78 is 0. The number of hydrogen-bond acceptors (Lipinski definition) is 7. The second-order valence-electron chi connectivity index (χ2n) is 6.92. The molecule has 0 saturated heterocycles. The van der Waals surface area contributed by atoms with Gasteiger partial charge in [0, 0.05) is 47.7 Å². The highest BCUT2D eigenvalue weighted by Gasteiger charge is 2.16. The first-order chi connectivity index (χ1) is 15.4. The SMILES string of the molecule is Cc1cnc(-c2cnc(CCNc3ccc([N+](=O)[O-])cn3)nc2-c2ccc(Cl)cc2Cl)[nH]1. The Kier molecular flexibility index (Phi) is 6.29. The van der Waals surface area contributed by atoms with Crippen molar-refractivity contribution in [1.82, 2.24) is 24.9 Å². The number of benzene rings is 1. The molecule has 32 heavy (non-hydrogen) atoms. The number of aryl methyl sites for hydroxylation is 1.